The average molecular weight is 277 g/mol. The first-order chi connectivity index (χ1) is 9.56. The second kappa shape index (κ2) is 6.86. The molecule has 0 bridgehead atoms. The highest BCUT2D eigenvalue weighted by molar-refractivity contribution is 5.94. The van der Waals surface area contributed by atoms with Crippen LogP contribution in [-0.4, -0.2) is 49.1 Å². The highest BCUT2D eigenvalue weighted by Crippen LogP contribution is 2.15. The maximum Gasteiger partial charge on any atom is 0.159 e. The van der Waals surface area contributed by atoms with Crippen LogP contribution in [0.5, 0.6) is 5.75 Å². The number of ether oxygens (including phenoxy) is 2. The van der Waals surface area contributed by atoms with Gasteiger partial charge in [0.05, 0.1) is 6.61 Å². The lowest BCUT2D eigenvalue weighted by molar-refractivity contribution is -0.0564. The third kappa shape index (κ3) is 4.05. The van der Waals surface area contributed by atoms with Gasteiger partial charge in [0, 0.05) is 24.7 Å². The number of rotatable bonds is 5. The van der Waals surface area contributed by atoms with Crippen LogP contribution < -0.4 is 4.74 Å². The van der Waals surface area contributed by atoms with Crippen molar-refractivity contribution in [1.82, 2.24) is 4.90 Å². The van der Waals surface area contributed by atoms with E-state index < -0.39 is 0 Å². The SMILES string of the molecule is CC(=O)c1ccc(OCC2CN(C(C)C)CCO2)cc1. The minimum absolute atomic E-state index is 0.0692. The summed E-state index contributed by atoms with van der Waals surface area (Å²) in [5.74, 6) is 0.847. The van der Waals surface area contributed by atoms with E-state index in [9.17, 15) is 4.79 Å². The van der Waals surface area contributed by atoms with Crippen LogP contribution in [0, 0.1) is 0 Å². The lowest BCUT2D eigenvalue weighted by atomic mass is 10.1. The monoisotopic (exact) mass is 277 g/mol. The van der Waals surface area contributed by atoms with E-state index in [2.05, 4.69) is 18.7 Å². The predicted molar refractivity (Wildman–Crippen MR) is 78.4 cm³/mol. The standard InChI is InChI=1S/C16H23NO3/c1-12(2)17-8-9-19-16(10-17)11-20-15-6-4-14(5-7-15)13(3)18/h4-7,12,16H,8-11H2,1-3H3. The lowest BCUT2D eigenvalue weighted by Gasteiger charge is -2.35. The summed E-state index contributed by atoms with van der Waals surface area (Å²) in [5, 5.41) is 0. The summed E-state index contributed by atoms with van der Waals surface area (Å²) in [6, 6.07) is 7.79. The number of nitrogens with zero attached hydrogens (tertiary/aromatic N) is 1. The van der Waals surface area contributed by atoms with Crippen LogP contribution in [0.4, 0.5) is 0 Å². The summed E-state index contributed by atoms with van der Waals surface area (Å²) in [6.45, 7) is 9.16. The topological polar surface area (TPSA) is 38.8 Å². The number of benzene rings is 1. The first-order valence-corrected chi connectivity index (χ1v) is 7.15. The van der Waals surface area contributed by atoms with Gasteiger partial charge in [-0.25, -0.2) is 0 Å². The predicted octanol–water partition coefficient (Wildman–Crippen LogP) is 2.38. The smallest absolute Gasteiger partial charge is 0.159 e. The summed E-state index contributed by atoms with van der Waals surface area (Å²) < 4.78 is 11.5. The molecule has 1 saturated heterocycles. The Morgan fingerprint density at radius 3 is 2.70 bits per heavy atom. The fourth-order valence-corrected chi connectivity index (χ4v) is 2.29. The maximum absolute atomic E-state index is 11.2. The fraction of sp³-hybridized carbons (Fsp3) is 0.562. The van der Waals surface area contributed by atoms with Crippen LogP contribution in [0.3, 0.4) is 0 Å². The second-order valence-corrected chi connectivity index (χ2v) is 5.47. The molecule has 0 amide bonds. The molecule has 0 aliphatic carbocycles. The number of hydrogen-bond acceptors (Lipinski definition) is 4. The number of hydrogen-bond donors (Lipinski definition) is 0. The quantitative estimate of drug-likeness (QED) is 0.775. The number of Topliss-reactive ketones (excluding diaryl/α,β-unsaturated/α-hetero) is 1. The molecule has 1 aromatic carbocycles. The minimum Gasteiger partial charge on any atom is -0.491 e. The molecule has 1 aliphatic heterocycles. The second-order valence-electron chi connectivity index (χ2n) is 5.47. The molecule has 4 nitrogen and oxygen atoms in total. The van der Waals surface area contributed by atoms with Gasteiger partial charge in [0.25, 0.3) is 0 Å². The zero-order valence-corrected chi connectivity index (χ0v) is 12.5. The van der Waals surface area contributed by atoms with Gasteiger partial charge in [-0.2, -0.15) is 0 Å². The summed E-state index contributed by atoms with van der Waals surface area (Å²) in [5.41, 5.74) is 0.706. The molecule has 1 aromatic rings. The summed E-state index contributed by atoms with van der Waals surface area (Å²) in [6.07, 6.45) is 0.110. The van der Waals surface area contributed by atoms with Crippen LogP contribution in [0.25, 0.3) is 0 Å². The fourth-order valence-electron chi connectivity index (χ4n) is 2.29. The molecular formula is C16H23NO3. The molecule has 1 atom stereocenters. The van der Waals surface area contributed by atoms with Gasteiger partial charge in [-0.15, -0.1) is 0 Å². The zero-order valence-electron chi connectivity index (χ0n) is 12.5. The normalized spacial score (nSPS) is 20.1. The maximum atomic E-state index is 11.2. The molecule has 4 heteroatoms. The van der Waals surface area contributed by atoms with Crippen LogP contribution in [0.2, 0.25) is 0 Å². The van der Waals surface area contributed by atoms with Crippen LogP contribution in [0.1, 0.15) is 31.1 Å². The Bertz CT molecular complexity index is 442. The van der Waals surface area contributed by atoms with E-state index >= 15 is 0 Å². The van der Waals surface area contributed by atoms with Crippen molar-refractivity contribution in [2.45, 2.75) is 32.9 Å². The van der Waals surface area contributed by atoms with Gasteiger partial charge in [0.2, 0.25) is 0 Å². The molecule has 20 heavy (non-hydrogen) atoms. The highest BCUT2D eigenvalue weighted by Gasteiger charge is 2.22. The lowest BCUT2D eigenvalue weighted by Crippen LogP contribution is -2.47. The minimum atomic E-state index is 0.0692. The van der Waals surface area contributed by atoms with Gasteiger partial charge < -0.3 is 9.47 Å². The Balaban J connectivity index is 1.84. The summed E-state index contributed by atoms with van der Waals surface area (Å²) >= 11 is 0. The Labute approximate surface area is 120 Å². The highest BCUT2D eigenvalue weighted by atomic mass is 16.5. The molecule has 110 valence electrons. The molecule has 1 heterocycles. The molecule has 1 unspecified atom stereocenters. The number of morpholine rings is 1. The van der Waals surface area contributed by atoms with E-state index in [-0.39, 0.29) is 11.9 Å². The van der Waals surface area contributed by atoms with E-state index in [0.717, 1.165) is 25.4 Å². The Morgan fingerprint density at radius 2 is 2.10 bits per heavy atom. The largest absolute Gasteiger partial charge is 0.491 e. The van der Waals surface area contributed by atoms with Crippen molar-refractivity contribution in [2.24, 2.45) is 0 Å². The Hall–Kier alpha value is -1.39. The van der Waals surface area contributed by atoms with Crippen molar-refractivity contribution in [3.8, 4) is 5.75 Å². The zero-order chi connectivity index (χ0) is 14.5. The number of carbonyl (C=O) groups is 1. The number of ketones is 1. The van der Waals surface area contributed by atoms with Crippen molar-refractivity contribution in [3.63, 3.8) is 0 Å². The van der Waals surface area contributed by atoms with Crippen molar-refractivity contribution < 1.29 is 14.3 Å². The first kappa shape index (κ1) is 15.0. The third-order valence-electron chi connectivity index (χ3n) is 3.60. The van der Waals surface area contributed by atoms with E-state index in [4.69, 9.17) is 9.47 Å². The molecular weight excluding hydrogens is 254 g/mol. The van der Waals surface area contributed by atoms with Crippen molar-refractivity contribution in [1.29, 1.82) is 0 Å². The van der Waals surface area contributed by atoms with Crippen molar-refractivity contribution in [2.75, 3.05) is 26.3 Å². The van der Waals surface area contributed by atoms with Gasteiger partial charge in [0.1, 0.15) is 18.5 Å². The van der Waals surface area contributed by atoms with E-state index in [0.29, 0.717) is 18.2 Å². The van der Waals surface area contributed by atoms with Gasteiger partial charge >= 0.3 is 0 Å². The molecule has 0 spiro atoms. The molecule has 2 rings (SSSR count). The first-order valence-electron chi connectivity index (χ1n) is 7.15. The molecule has 0 aromatic heterocycles. The van der Waals surface area contributed by atoms with Gasteiger partial charge in [-0.3, -0.25) is 9.69 Å². The third-order valence-corrected chi connectivity index (χ3v) is 3.60. The van der Waals surface area contributed by atoms with E-state index in [1.165, 1.54) is 0 Å². The summed E-state index contributed by atoms with van der Waals surface area (Å²) in [4.78, 5) is 13.6. The molecule has 1 aliphatic rings. The van der Waals surface area contributed by atoms with Crippen LogP contribution in [-0.2, 0) is 4.74 Å². The van der Waals surface area contributed by atoms with Gasteiger partial charge in [-0.1, -0.05) is 0 Å². The average Bonchev–Trinajstić information content (AvgIpc) is 2.46. The van der Waals surface area contributed by atoms with Crippen LogP contribution in [0.15, 0.2) is 24.3 Å². The van der Waals surface area contributed by atoms with Gasteiger partial charge in [-0.05, 0) is 45.0 Å². The summed E-state index contributed by atoms with van der Waals surface area (Å²) in [7, 11) is 0. The van der Waals surface area contributed by atoms with E-state index in [1.54, 1.807) is 19.1 Å². The van der Waals surface area contributed by atoms with Gasteiger partial charge in [0.15, 0.2) is 5.78 Å². The Morgan fingerprint density at radius 1 is 1.40 bits per heavy atom. The molecule has 0 saturated carbocycles. The molecule has 0 N–H and O–H groups in total. The van der Waals surface area contributed by atoms with Crippen molar-refractivity contribution in [3.05, 3.63) is 29.8 Å². The van der Waals surface area contributed by atoms with E-state index in [1.807, 2.05) is 12.1 Å². The number of carbonyl (C=O) groups excluding carboxylic acids is 1. The van der Waals surface area contributed by atoms with Crippen molar-refractivity contribution >= 4 is 5.78 Å². The van der Waals surface area contributed by atoms with Crippen LogP contribution >= 0.6 is 0 Å². The molecule has 0 radical (unpaired) electrons. The Kier molecular flexibility index (Phi) is 5.15. The molecule has 1 fully saturated rings.